The molecule has 1 aliphatic rings. The Labute approximate surface area is 116 Å². The van der Waals surface area contributed by atoms with E-state index in [1.165, 1.54) is 0 Å². The molecule has 1 aliphatic heterocycles. The van der Waals surface area contributed by atoms with E-state index in [2.05, 4.69) is 16.4 Å². The zero-order valence-corrected chi connectivity index (χ0v) is 11.0. The second-order valence-electron chi connectivity index (χ2n) is 4.48. The number of nitriles is 1. The van der Waals surface area contributed by atoms with E-state index in [-0.39, 0.29) is 0 Å². The first-order valence-corrected chi connectivity index (χ1v) is 6.30. The fourth-order valence-electron chi connectivity index (χ4n) is 2.07. The molecular weight excluding hydrogens is 254 g/mol. The zero-order chi connectivity index (χ0) is 13.9. The molecule has 2 aromatic rings. The lowest BCUT2D eigenvalue weighted by molar-refractivity contribution is 0.171. The molecule has 100 valence electrons. The van der Waals surface area contributed by atoms with Gasteiger partial charge in [-0.25, -0.2) is 4.98 Å². The van der Waals surface area contributed by atoms with E-state index in [4.69, 9.17) is 14.7 Å². The third-order valence-corrected chi connectivity index (χ3v) is 2.90. The van der Waals surface area contributed by atoms with Crippen LogP contribution in [0.1, 0.15) is 11.3 Å². The molecule has 1 aromatic heterocycles. The van der Waals surface area contributed by atoms with Gasteiger partial charge in [-0.15, -0.1) is 0 Å². The lowest BCUT2D eigenvalue weighted by Crippen LogP contribution is -2.15. The molecule has 20 heavy (non-hydrogen) atoms. The van der Waals surface area contributed by atoms with Crippen LogP contribution in [0.2, 0.25) is 0 Å². The number of anilines is 2. The number of ether oxygens (including phenoxy) is 2. The van der Waals surface area contributed by atoms with Gasteiger partial charge in [0.2, 0.25) is 0 Å². The third-order valence-electron chi connectivity index (χ3n) is 2.90. The normalized spacial score (nSPS) is 12.6. The van der Waals surface area contributed by atoms with Crippen molar-refractivity contribution in [2.75, 3.05) is 18.5 Å². The SMILES string of the molecule is Cc1cc(C#N)cc(Nc2ccc3c(c2)OCCO3)n1. The lowest BCUT2D eigenvalue weighted by atomic mass is 10.2. The fraction of sp³-hybridized carbons (Fsp3) is 0.200. The van der Waals surface area contributed by atoms with Crippen LogP contribution in [-0.2, 0) is 0 Å². The smallest absolute Gasteiger partial charge is 0.163 e. The summed E-state index contributed by atoms with van der Waals surface area (Å²) in [5.41, 5.74) is 2.22. The van der Waals surface area contributed by atoms with Crippen molar-refractivity contribution in [3.8, 4) is 17.6 Å². The summed E-state index contributed by atoms with van der Waals surface area (Å²) in [6.45, 7) is 2.98. The molecule has 0 fully saturated rings. The van der Waals surface area contributed by atoms with Crippen LogP contribution in [0, 0.1) is 18.3 Å². The van der Waals surface area contributed by atoms with E-state index in [9.17, 15) is 0 Å². The van der Waals surface area contributed by atoms with Gasteiger partial charge >= 0.3 is 0 Å². The van der Waals surface area contributed by atoms with E-state index >= 15 is 0 Å². The molecule has 0 radical (unpaired) electrons. The maximum Gasteiger partial charge on any atom is 0.163 e. The van der Waals surface area contributed by atoms with Crippen molar-refractivity contribution in [3.05, 3.63) is 41.6 Å². The van der Waals surface area contributed by atoms with Crippen LogP contribution in [-0.4, -0.2) is 18.2 Å². The van der Waals surface area contributed by atoms with Gasteiger partial charge in [-0.2, -0.15) is 5.26 Å². The summed E-state index contributed by atoms with van der Waals surface area (Å²) in [5.74, 6) is 2.10. The van der Waals surface area contributed by atoms with Crippen LogP contribution >= 0.6 is 0 Å². The Morgan fingerprint density at radius 2 is 1.95 bits per heavy atom. The first-order chi connectivity index (χ1) is 9.74. The Morgan fingerprint density at radius 1 is 1.15 bits per heavy atom. The second kappa shape index (κ2) is 5.10. The van der Waals surface area contributed by atoms with Gasteiger partial charge < -0.3 is 14.8 Å². The lowest BCUT2D eigenvalue weighted by Gasteiger charge is -2.19. The number of hydrogen-bond acceptors (Lipinski definition) is 5. The number of pyridine rings is 1. The van der Waals surface area contributed by atoms with Crippen LogP contribution in [0.5, 0.6) is 11.5 Å². The standard InChI is InChI=1S/C15H13N3O2/c1-10-6-11(9-16)7-15(17-10)18-12-2-3-13-14(8-12)20-5-4-19-13/h2-3,6-8H,4-5H2,1H3,(H,17,18). The van der Waals surface area contributed by atoms with E-state index in [1.807, 2.05) is 25.1 Å². The highest BCUT2D eigenvalue weighted by Gasteiger charge is 2.12. The molecule has 0 unspecified atom stereocenters. The van der Waals surface area contributed by atoms with Crippen LogP contribution < -0.4 is 14.8 Å². The summed E-state index contributed by atoms with van der Waals surface area (Å²) in [6, 6.07) is 11.2. The van der Waals surface area contributed by atoms with Crippen LogP contribution in [0.3, 0.4) is 0 Å². The van der Waals surface area contributed by atoms with Crippen molar-refractivity contribution in [1.29, 1.82) is 5.26 Å². The number of benzene rings is 1. The summed E-state index contributed by atoms with van der Waals surface area (Å²) in [7, 11) is 0. The summed E-state index contributed by atoms with van der Waals surface area (Å²) in [4.78, 5) is 4.35. The molecule has 3 rings (SSSR count). The van der Waals surface area contributed by atoms with Gasteiger partial charge in [-0.3, -0.25) is 0 Å². The van der Waals surface area contributed by atoms with Crippen molar-refractivity contribution in [1.82, 2.24) is 4.98 Å². The first-order valence-electron chi connectivity index (χ1n) is 6.30. The molecule has 0 bridgehead atoms. The molecule has 2 heterocycles. The number of rotatable bonds is 2. The number of aryl methyl sites for hydroxylation is 1. The minimum Gasteiger partial charge on any atom is -0.486 e. The van der Waals surface area contributed by atoms with Crippen molar-refractivity contribution in [3.63, 3.8) is 0 Å². The van der Waals surface area contributed by atoms with Gasteiger partial charge in [0.25, 0.3) is 0 Å². The maximum absolute atomic E-state index is 8.97. The Kier molecular flexibility index (Phi) is 3.13. The molecule has 0 atom stereocenters. The molecule has 5 nitrogen and oxygen atoms in total. The molecule has 0 saturated carbocycles. The predicted octanol–water partition coefficient (Wildman–Crippen LogP) is 2.78. The topological polar surface area (TPSA) is 67.2 Å². The number of nitrogens with one attached hydrogen (secondary N) is 1. The van der Waals surface area contributed by atoms with Gasteiger partial charge in [-0.05, 0) is 31.2 Å². The van der Waals surface area contributed by atoms with Gasteiger partial charge in [0.05, 0.1) is 11.6 Å². The van der Waals surface area contributed by atoms with Crippen LogP contribution in [0.25, 0.3) is 0 Å². The van der Waals surface area contributed by atoms with Crippen molar-refractivity contribution in [2.45, 2.75) is 6.92 Å². The first kappa shape index (κ1) is 12.3. The van der Waals surface area contributed by atoms with E-state index in [1.54, 1.807) is 12.1 Å². The predicted molar refractivity (Wildman–Crippen MR) is 74.4 cm³/mol. The quantitative estimate of drug-likeness (QED) is 0.906. The van der Waals surface area contributed by atoms with Crippen LogP contribution in [0.15, 0.2) is 30.3 Å². The van der Waals surface area contributed by atoms with Gasteiger partial charge in [0.1, 0.15) is 19.0 Å². The van der Waals surface area contributed by atoms with E-state index < -0.39 is 0 Å². The van der Waals surface area contributed by atoms with Crippen molar-refractivity contribution >= 4 is 11.5 Å². The molecule has 5 heteroatoms. The average molecular weight is 267 g/mol. The summed E-state index contributed by atoms with van der Waals surface area (Å²) >= 11 is 0. The highest BCUT2D eigenvalue weighted by Crippen LogP contribution is 2.33. The van der Waals surface area contributed by atoms with Crippen molar-refractivity contribution < 1.29 is 9.47 Å². The molecule has 0 amide bonds. The molecule has 1 N–H and O–H groups in total. The largest absolute Gasteiger partial charge is 0.486 e. The summed E-state index contributed by atoms with van der Waals surface area (Å²) < 4.78 is 11.0. The second-order valence-corrected chi connectivity index (χ2v) is 4.48. The highest BCUT2D eigenvalue weighted by molar-refractivity contribution is 5.62. The number of hydrogen-bond donors (Lipinski definition) is 1. The number of fused-ring (bicyclic) bond motifs is 1. The monoisotopic (exact) mass is 267 g/mol. The summed E-state index contributed by atoms with van der Waals surface area (Å²) in [5, 5.41) is 12.1. The molecule has 0 spiro atoms. The van der Waals surface area contributed by atoms with Crippen LogP contribution in [0.4, 0.5) is 11.5 Å². The van der Waals surface area contributed by atoms with E-state index in [0.29, 0.717) is 24.6 Å². The molecule has 1 aromatic carbocycles. The Hall–Kier alpha value is -2.74. The molecule has 0 aliphatic carbocycles. The zero-order valence-electron chi connectivity index (χ0n) is 11.0. The van der Waals surface area contributed by atoms with Crippen molar-refractivity contribution in [2.24, 2.45) is 0 Å². The maximum atomic E-state index is 8.97. The van der Waals surface area contributed by atoms with Gasteiger partial charge in [0, 0.05) is 17.4 Å². The molecule has 0 saturated heterocycles. The molecular formula is C15H13N3O2. The number of nitrogens with zero attached hydrogens (tertiary/aromatic N) is 2. The number of aromatic nitrogens is 1. The average Bonchev–Trinajstić information content (AvgIpc) is 2.46. The van der Waals surface area contributed by atoms with Gasteiger partial charge in [0.15, 0.2) is 11.5 Å². The fourth-order valence-corrected chi connectivity index (χ4v) is 2.07. The Morgan fingerprint density at radius 3 is 2.75 bits per heavy atom. The highest BCUT2D eigenvalue weighted by atomic mass is 16.6. The minimum atomic E-state index is 0.553. The van der Waals surface area contributed by atoms with Gasteiger partial charge in [-0.1, -0.05) is 0 Å². The summed E-state index contributed by atoms with van der Waals surface area (Å²) in [6.07, 6.45) is 0. The third kappa shape index (κ3) is 2.50. The Bertz CT molecular complexity index is 692. The minimum absolute atomic E-state index is 0.553. The van der Waals surface area contributed by atoms with E-state index in [0.717, 1.165) is 22.9 Å². The Balaban J connectivity index is 1.88.